The van der Waals surface area contributed by atoms with Gasteiger partial charge in [-0.2, -0.15) is 13.2 Å². The van der Waals surface area contributed by atoms with Gasteiger partial charge in [0.25, 0.3) is 5.91 Å². The fourth-order valence-corrected chi connectivity index (χ4v) is 5.88. The first-order valence-electron chi connectivity index (χ1n) is 15.0. The zero-order chi connectivity index (χ0) is 34.0. The molecule has 0 aromatic heterocycles. The number of piperidine rings is 1. The van der Waals surface area contributed by atoms with Gasteiger partial charge in [-0.15, -0.1) is 0 Å². The summed E-state index contributed by atoms with van der Waals surface area (Å²) in [7, 11) is 5.12. The monoisotopic (exact) mass is 649 g/mol. The van der Waals surface area contributed by atoms with E-state index in [2.05, 4.69) is 5.32 Å². The van der Waals surface area contributed by atoms with Crippen LogP contribution in [0.15, 0.2) is 42.5 Å². The molecule has 1 spiro atoms. The Morgan fingerprint density at radius 3 is 2.22 bits per heavy atom. The van der Waals surface area contributed by atoms with Crippen LogP contribution < -0.4 is 10.2 Å². The molecule has 250 valence electrons. The summed E-state index contributed by atoms with van der Waals surface area (Å²) in [4.78, 5) is 59.9. The molecule has 0 saturated carbocycles. The Labute approximate surface area is 265 Å². The van der Waals surface area contributed by atoms with Gasteiger partial charge in [-0.25, -0.2) is 9.18 Å². The van der Waals surface area contributed by atoms with E-state index in [1.165, 1.54) is 12.0 Å². The van der Waals surface area contributed by atoms with Crippen LogP contribution in [0.25, 0.3) is 0 Å². The smallest absolute Gasteiger partial charge is 0.416 e. The quantitative estimate of drug-likeness (QED) is 0.327. The van der Waals surface area contributed by atoms with Crippen molar-refractivity contribution < 1.29 is 41.5 Å². The van der Waals surface area contributed by atoms with Crippen molar-refractivity contribution in [3.8, 4) is 0 Å². The molecule has 2 saturated heterocycles. The average Bonchev–Trinajstić information content (AvgIpc) is 3.28. The van der Waals surface area contributed by atoms with Crippen molar-refractivity contribution >= 4 is 29.4 Å². The molecule has 2 aliphatic rings. The molecule has 2 aromatic rings. The van der Waals surface area contributed by atoms with E-state index in [0.29, 0.717) is 43.5 Å². The largest absolute Gasteiger partial charge is 0.465 e. The fraction of sp³-hybridized carbons (Fsp3) is 0.500. The van der Waals surface area contributed by atoms with Gasteiger partial charge >= 0.3 is 12.1 Å². The predicted octanol–water partition coefficient (Wildman–Crippen LogP) is 3.61. The summed E-state index contributed by atoms with van der Waals surface area (Å²) in [6, 6.07) is 7.17. The number of alkyl halides is 3. The zero-order valence-corrected chi connectivity index (χ0v) is 26.5. The van der Waals surface area contributed by atoms with Crippen LogP contribution in [0.5, 0.6) is 0 Å². The Bertz CT molecular complexity index is 1460. The number of likely N-dealkylation sites (tertiary alicyclic amines) is 1. The number of amides is 3. The highest BCUT2D eigenvalue weighted by Gasteiger charge is 2.54. The van der Waals surface area contributed by atoms with Crippen molar-refractivity contribution in [1.82, 2.24) is 20.0 Å². The van der Waals surface area contributed by atoms with E-state index >= 15 is 0 Å². The highest BCUT2D eigenvalue weighted by atomic mass is 19.4. The molecule has 4 rings (SSSR count). The normalized spacial score (nSPS) is 17.2. The summed E-state index contributed by atoms with van der Waals surface area (Å²) in [6.45, 7) is 5.11. The molecule has 0 radical (unpaired) electrons. The summed E-state index contributed by atoms with van der Waals surface area (Å²) in [5, 5.41) is 2.44. The lowest BCUT2D eigenvalue weighted by molar-refractivity contribution is -0.140. The summed E-state index contributed by atoms with van der Waals surface area (Å²) < 4.78 is 58.9. The number of hydrogen-bond acceptors (Lipinski definition) is 7. The number of carbonyl (C=O) groups is 4. The molecule has 2 aromatic carbocycles. The minimum absolute atomic E-state index is 0.0766. The third kappa shape index (κ3) is 7.11. The van der Waals surface area contributed by atoms with E-state index in [9.17, 15) is 36.7 Å². The van der Waals surface area contributed by atoms with Gasteiger partial charge in [0.15, 0.2) is 0 Å². The van der Waals surface area contributed by atoms with Gasteiger partial charge in [-0.1, -0.05) is 13.8 Å². The number of anilines is 1. The lowest BCUT2D eigenvalue weighted by Crippen LogP contribution is -2.60. The number of nitrogens with zero attached hydrogens (tertiary/aromatic N) is 4. The molecule has 0 aliphatic carbocycles. The van der Waals surface area contributed by atoms with Crippen molar-refractivity contribution in [2.45, 2.75) is 44.4 Å². The maximum absolute atomic E-state index is 14.4. The molecule has 0 bridgehead atoms. The second-order valence-electron chi connectivity index (χ2n) is 12.2. The predicted molar refractivity (Wildman–Crippen MR) is 161 cm³/mol. The maximum Gasteiger partial charge on any atom is 0.416 e. The molecule has 46 heavy (non-hydrogen) atoms. The number of carbonyl (C=O) groups excluding carboxylic acids is 4. The highest BCUT2D eigenvalue weighted by Crippen LogP contribution is 2.40. The number of ether oxygens (including phenoxy) is 1. The minimum Gasteiger partial charge on any atom is -0.465 e. The summed E-state index contributed by atoms with van der Waals surface area (Å²) in [5.74, 6) is -3.78. The van der Waals surface area contributed by atoms with Crippen LogP contribution in [0.1, 0.15) is 53.0 Å². The second kappa shape index (κ2) is 13.7. The van der Waals surface area contributed by atoms with Gasteiger partial charge < -0.3 is 29.7 Å². The van der Waals surface area contributed by atoms with E-state index in [1.54, 1.807) is 43.0 Å². The number of benzene rings is 2. The van der Waals surface area contributed by atoms with E-state index < -0.39 is 58.4 Å². The zero-order valence-electron chi connectivity index (χ0n) is 26.5. The Morgan fingerprint density at radius 1 is 1.04 bits per heavy atom. The lowest BCUT2D eigenvalue weighted by Gasteiger charge is -2.44. The van der Waals surface area contributed by atoms with E-state index in [-0.39, 0.29) is 31.8 Å². The first-order valence-corrected chi connectivity index (χ1v) is 15.0. The van der Waals surface area contributed by atoms with Gasteiger partial charge in [0.1, 0.15) is 17.4 Å². The van der Waals surface area contributed by atoms with Crippen LogP contribution in [0.4, 0.5) is 23.2 Å². The molecular weight excluding hydrogens is 610 g/mol. The SMILES string of the molecule is COC(=O)c1ccc(N2CN(CCN(C)C)C(=O)C23CCN(C(=O)C(NC(=O)c2cc(C(F)(F)F)ccc2F)C(C)C)CC3)cc1. The first kappa shape index (κ1) is 34.7. The number of methoxy groups -OCH3 is 1. The van der Waals surface area contributed by atoms with Gasteiger partial charge in [0.2, 0.25) is 11.8 Å². The third-order valence-corrected chi connectivity index (χ3v) is 8.59. The van der Waals surface area contributed by atoms with Crippen LogP contribution in [-0.2, 0) is 20.5 Å². The second-order valence-corrected chi connectivity index (χ2v) is 12.2. The van der Waals surface area contributed by atoms with E-state index in [0.717, 1.165) is 5.69 Å². The minimum atomic E-state index is -4.78. The number of nitrogens with one attached hydrogen (secondary N) is 1. The molecule has 10 nitrogen and oxygen atoms in total. The van der Waals surface area contributed by atoms with Crippen LogP contribution in [0.2, 0.25) is 0 Å². The Kier molecular flexibility index (Phi) is 10.3. The lowest BCUT2D eigenvalue weighted by atomic mass is 9.84. The van der Waals surface area contributed by atoms with Crippen molar-refractivity contribution in [2.24, 2.45) is 5.92 Å². The van der Waals surface area contributed by atoms with Crippen molar-refractivity contribution in [1.29, 1.82) is 0 Å². The van der Waals surface area contributed by atoms with Gasteiger partial charge in [-0.05, 0) is 75.3 Å². The summed E-state index contributed by atoms with van der Waals surface area (Å²) >= 11 is 0. The Balaban J connectivity index is 1.54. The molecule has 1 N–H and O–H groups in total. The molecule has 2 aliphatic heterocycles. The van der Waals surface area contributed by atoms with Gasteiger partial charge in [0.05, 0.1) is 30.5 Å². The highest BCUT2D eigenvalue weighted by molar-refractivity contribution is 5.98. The third-order valence-electron chi connectivity index (χ3n) is 8.59. The summed E-state index contributed by atoms with van der Waals surface area (Å²) in [6.07, 6.45) is -4.23. The average molecular weight is 650 g/mol. The van der Waals surface area contributed by atoms with Crippen molar-refractivity contribution in [3.63, 3.8) is 0 Å². The number of hydrogen-bond donors (Lipinski definition) is 1. The van der Waals surface area contributed by atoms with Crippen molar-refractivity contribution in [2.75, 3.05) is 59.0 Å². The van der Waals surface area contributed by atoms with Crippen molar-refractivity contribution in [3.05, 3.63) is 65.0 Å². The van der Waals surface area contributed by atoms with E-state index in [4.69, 9.17) is 4.74 Å². The number of rotatable bonds is 9. The Morgan fingerprint density at radius 2 is 1.67 bits per heavy atom. The molecule has 1 atom stereocenters. The van der Waals surface area contributed by atoms with E-state index in [1.807, 2.05) is 23.9 Å². The molecule has 14 heteroatoms. The van der Waals surface area contributed by atoms with Crippen LogP contribution >= 0.6 is 0 Å². The van der Waals surface area contributed by atoms with Gasteiger partial charge in [0, 0.05) is 31.9 Å². The number of esters is 1. The standard InChI is InChI=1S/C32H39F4N5O5/c1-20(2)26(37-27(42)24-18-22(32(34,35)36)8-11-25(24)33)28(43)39-14-12-31(13-15-39)30(45)40(17-16-38(3)4)19-41(31)23-9-6-21(7-10-23)29(44)46-5/h6-11,18,20,26H,12-17,19H2,1-5H3,(H,37,42). The summed E-state index contributed by atoms with van der Waals surface area (Å²) in [5.41, 5.74) is -1.87. The van der Waals surface area contributed by atoms with Crippen LogP contribution in [0.3, 0.4) is 0 Å². The van der Waals surface area contributed by atoms with Crippen LogP contribution in [-0.4, -0.2) is 104 Å². The first-order chi connectivity index (χ1) is 21.6. The molecule has 2 fully saturated rings. The topological polar surface area (TPSA) is 102 Å². The number of halogens is 4. The molecule has 3 amide bonds. The Hall–Kier alpha value is -4.20. The maximum atomic E-state index is 14.4. The number of likely N-dealkylation sites (N-methyl/N-ethyl adjacent to an activating group) is 1. The molecular formula is C32H39F4N5O5. The van der Waals surface area contributed by atoms with Gasteiger partial charge in [-0.3, -0.25) is 14.4 Å². The molecule has 1 unspecified atom stereocenters. The van der Waals surface area contributed by atoms with Crippen LogP contribution in [0, 0.1) is 11.7 Å². The fourth-order valence-electron chi connectivity index (χ4n) is 5.88. The molecule has 2 heterocycles.